The largest absolute Gasteiger partial charge is 0.476 e. The Hall–Kier alpha value is -7.40. The number of aromatic nitrogens is 1. The van der Waals surface area contributed by atoms with Crippen LogP contribution in [0.1, 0.15) is 51.3 Å². The predicted octanol–water partition coefficient (Wildman–Crippen LogP) is 9.43. The van der Waals surface area contributed by atoms with E-state index in [4.69, 9.17) is 43.0 Å². The monoisotopic (exact) mass is 937 g/mol. The third-order valence-electron chi connectivity index (χ3n) is 10.5. The van der Waals surface area contributed by atoms with Gasteiger partial charge < -0.3 is 48.4 Å². The SMILES string of the molecule is COCCOCOc1ccc(C(ON=C(C(=O)O)c2csc(NC(c3ccccc3)(c3ccccc3)c3ccccc3)n2)C(=O)OC(c2ccccc2)c2ccccc2)cc1OCOCCOC. The molecule has 1 aromatic heterocycles. The van der Waals surface area contributed by atoms with Gasteiger partial charge in [0.25, 0.3) is 0 Å². The highest BCUT2D eigenvalue weighted by Crippen LogP contribution is 2.41. The summed E-state index contributed by atoms with van der Waals surface area (Å²) >= 11 is 1.19. The van der Waals surface area contributed by atoms with Gasteiger partial charge in [-0.05, 0) is 39.9 Å². The van der Waals surface area contributed by atoms with Crippen LogP contribution in [0.25, 0.3) is 0 Å². The summed E-state index contributed by atoms with van der Waals surface area (Å²) in [5.74, 6) is -1.91. The Bertz CT molecular complexity index is 2520. The molecule has 14 nitrogen and oxygen atoms in total. The summed E-state index contributed by atoms with van der Waals surface area (Å²) in [6.07, 6.45) is -2.51. The smallest absolute Gasteiger partial charge is 0.360 e. The van der Waals surface area contributed by atoms with Crippen molar-refractivity contribution in [1.82, 2.24) is 4.98 Å². The molecule has 0 fully saturated rings. The Balaban J connectivity index is 1.26. The lowest BCUT2D eigenvalue weighted by molar-refractivity contribution is -0.162. The second kappa shape index (κ2) is 24.9. The normalized spacial score (nSPS) is 12.0. The van der Waals surface area contributed by atoms with Crippen LogP contribution in [0.4, 0.5) is 5.13 Å². The van der Waals surface area contributed by atoms with Crippen molar-refractivity contribution in [2.24, 2.45) is 5.16 Å². The average molecular weight is 938 g/mol. The van der Waals surface area contributed by atoms with E-state index in [9.17, 15) is 14.7 Å². The van der Waals surface area contributed by atoms with Crippen molar-refractivity contribution in [3.8, 4) is 11.5 Å². The molecule has 7 rings (SSSR count). The number of carbonyl (C=O) groups is 2. The Labute approximate surface area is 398 Å². The topological polar surface area (TPSA) is 165 Å². The zero-order chi connectivity index (χ0) is 47.4. The van der Waals surface area contributed by atoms with Gasteiger partial charge in [0.05, 0.1) is 26.4 Å². The fourth-order valence-corrected chi connectivity index (χ4v) is 7.97. The number of hydrogen-bond donors (Lipinski definition) is 2. The molecule has 0 radical (unpaired) electrons. The van der Waals surface area contributed by atoms with Gasteiger partial charge in [0.2, 0.25) is 11.8 Å². The van der Waals surface area contributed by atoms with Crippen molar-refractivity contribution in [2.75, 3.05) is 59.5 Å². The first-order valence-electron chi connectivity index (χ1n) is 21.6. The first-order chi connectivity index (χ1) is 33.4. The van der Waals surface area contributed by atoms with Crippen LogP contribution >= 0.6 is 11.3 Å². The molecule has 0 aliphatic heterocycles. The molecule has 15 heteroatoms. The molecular weight excluding hydrogens is 887 g/mol. The average Bonchev–Trinajstić information content (AvgIpc) is 3.85. The third-order valence-corrected chi connectivity index (χ3v) is 11.3. The van der Waals surface area contributed by atoms with E-state index in [-0.39, 0.29) is 49.6 Å². The van der Waals surface area contributed by atoms with Crippen molar-refractivity contribution >= 4 is 34.1 Å². The van der Waals surface area contributed by atoms with E-state index in [1.165, 1.54) is 17.4 Å². The van der Waals surface area contributed by atoms with E-state index in [1.54, 1.807) is 31.7 Å². The van der Waals surface area contributed by atoms with E-state index >= 15 is 0 Å². The lowest BCUT2D eigenvalue weighted by atomic mass is 9.77. The summed E-state index contributed by atoms with van der Waals surface area (Å²) in [4.78, 5) is 38.6. The van der Waals surface area contributed by atoms with Crippen LogP contribution < -0.4 is 14.8 Å². The first kappa shape index (κ1) is 48.5. The number of nitrogens with zero attached hydrogens (tertiary/aromatic N) is 2. The van der Waals surface area contributed by atoms with Gasteiger partial charge in [0.1, 0.15) is 11.2 Å². The predicted molar refractivity (Wildman–Crippen MR) is 257 cm³/mol. The number of rotatable bonds is 26. The first-order valence-corrected chi connectivity index (χ1v) is 22.5. The van der Waals surface area contributed by atoms with Gasteiger partial charge in [-0.15, -0.1) is 11.3 Å². The summed E-state index contributed by atoms with van der Waals surface area (Å²) in [7, 11) is 3.12. The number of benzene rings is 6. The number of nitrogens with one attached hydrogen (secondary N) is 1. The van der Waals surface area contributed by atoms with Crippen LogP contribution in [0, 0.1) is 0 Å². The number of carbonyl (C=O) groups excluding carboxylic acids is 1. The highest BCUT2D eigenvalue weighted by molar-refractivity contribution is 7.14. The number of ether oxygens (including phenoxy) is 7. The number of carboxylic acids is 1. The van der Waals surface area contributed by atoms with Crippen molar-refractivity contribution in [3.63, 3.8) is 0 Å². The maximum absolute atomic E-state index is 14.7. The zero-order valence-corrected chi connectivity index (χ0v) is 38.3. The van der Waals surface area contributed by atoms with Gasteiger partial charge in [-0.1, -0.05) is 163 Å². The molecule has 0 saturated carbocycles. The molecular formula is C53H51N3O11S. The Morgan fingerprint density at radius 2 is 1.12 bits per heavy atom. The van der Waals surface area contributed by atoms with Gasteiger partial charge in [-0.2, -0.15) is 0 Å². The van der Waals surface area contributed by atoms with Crippen molar-refractivity contribution in [2.45, 2.75) is 17.7 Å². The van der Waals surface area contributed by atoms with E-state index in [0.717, 1.165) is 16.7 Å². The molecule has 0 aliphatic rings. The summed E-state index contributed by atoms with van der Waals surface area (Å²) in [5, 5.41) is 20.5. The van der Waals surface area contributed by atoms with Gasteiger partial charge in [-0.25, -0.2) is 14.6 Å². The van der Waals surface area contributed by atoms with Gasteiger partial charge in [-0.3, -0.25) is 0 Å². The lowest BCUT2D eigenvalue weighted by Gasteiger charge is -2.36. The van der Waals surface area contributed by atoms with Crippen LogP contribution in [0.15, 0.2) is 180 Å². The highest BCUT2D eigenvalue weighted by atomic mass is 32.1. The molecule has 1 unspecified atom stereocenters. The summed E-state index contributed by atoms with van der Waals surface area (Å²) < 4.78 is 39.4. The molecule has 0 amide bonds. The molecule has 2 N–H and O–H groups in total. The Morgan fingerprint density at radius 1 is 0.632 bits per heavy atom. The number of oxime groups is 1. The zero-order valence-electron chi connectivity index (χ0n) is 37.5. The maximum atomic E-state index is 14.7. The molecule has 0 spiro atoms. The van der Waals surface area contributed by atoms with Gasteiger partial charge in [0, 0.05) is 25.2 Å². The molecule has 1 heterocycles. The van der Waals surface area contributed by atoms with Crippen LogP contribution in [0.3, 0.4) is 0 Å². The molecule has 68 heavy (non-hydrogen) atoms. The number of methoxy groups -OCH3 is 2. The summed E-state index contributed by atoms with van der Waals surface area (Å²) in [6, 6.07) is 52.9. The van der Waals surface area contributed by atoms with Crippen LogP contribution in [-0.4, -0.2) is 82.0 Å². The van der Waals surface area contributed by atoms with Crippen LogP contribution in [0.2, 0.25) is 0 Å². The molecule has 7 aromatic rings. The fourth-order valence-electron chi connectivity index (χ4n) is 7.22. The molecule has 0 aliphatic carbocycles. The van der Waals surface area contributed by atoms with Crippen LogP contribution in [-0.2, 0) is 43.6 Å². The standard InChI is InChI=1S/C53H51N3O11S/c1-60-30-32-62-36-64-45-29-28-40(34-46(45)65-37-63-33-31-61-2)49(51(59)66-48(38-18-8-3-9-19-38)39-20-10-4-11-21-39)67-56-47(50(57)58)44-35-68-52(54-44)55-53(41-22-12-5-13-23-41,42-24-14-6-15-25-42)43-26-16-7-17-27-43/h3-29,34-35,48-49H,30-33,36-37H2,1-2H3,(H,54,55)(H,57,58). The van der Waals surface area contributed by atoms with Crippen molar-refractivity contribution in [1.29, 1.82) is 0 Å². The van der Waals surface area contributed by atoms with Crippen molar-refractivity contribution in [3.05, 3.63) is 214 Å². The minimum absolute atomic E-state index is 0.0129. The molecule has 6 aromatic carbocycles. The highest BCUT2D eigenvalue weighted by Gasteiger charge is 2.38. The third kappa shape index (κ3) is 12.5. The maximum Gasteiger partial charge on any atom is 0.360 e. The van der Waals surface area contributed by atoms with Crippen molar-refractivity contribution < 1.29 is 52.7 Å². The molecule has 350 valence electrons. The van der Waals surface area contributed by atoms with Crippen LogP contribution in [0.5, 0.6) is 11.5 Å². The number of hydrogen-bond acceptors (Lipinski definition) is 14. The molecule has 0 saturated heterocycles. The fraction of sp³-hybridized carbons (Fsp3) is 0.208. The Kier molecular flexibility index (Phi) is 17.8. The van der Waals surface area contributed by atoms with E-state index < -0.39 is 35.4 Å². The van der Waals surface area contributed by atoms with E-state index in [1.807, 2.05) is 152 Å². The minimum Gasteiger partial charge on any atom is -0.476 e. The molecule has 0 bridgehead atoms. The number of esters is 1. The van der Waals surface area contributed by atoms with E-state index in [0.29, 0.717) is 29.5 Å². The number of anilines is 1. The quantitative estimate of drug-likeness (QED) is 0.0132. The Morgan fingerprint density at radius 3 is 1.60 bits per heavy atom. The molecule has 1 atom stereocenters. The summed E-state index contributed by atoms with van der Waals surface area (Å²) in [6.45, 7) is 0.889. The summed E-state index contributed by atoms with van der Waals surface area (Å²) in [5.41, 5.74) is 2.84. The van der Waals surface area contributed by atoms with Gasteiger partial charge >= 0.3 is 11.9 Å². The number of carboxylic acid groups (broad SMARTS) is 1. The second-order valence-corrected chi connectivity index (χ2v) is 15.8. The minimum atomic E-state index is -1.64. The number of thiazole rings is 1. The second-order valence-electron chi connectivity index (χ2n) is 14.9. The lowest BCUT2D eigenvalue weighted by Crippen LogP contribution is -2.38. The van der Waals surface area contributed by atoms with E-state index in [2.05, 4.69) is 10.5 Å². The number of aliphatic carboxylic acids is 1. The van der Waals surface area contributed by atoms with Gasteiger partial charge in [0.15, 0.2) is 36.3 Å².